The molecule has 1 N–H and O–H groups in total. The summed E-state index contributed by atoms with van der Waals surface area (Å²) in [6.45, 7) is 2.54. The number of ether oxygens (including phenoxy) is 1. The fraction of sp³-hybridized carbons (Fsp3) is 0.111. The van der Waals surface area contributed by atoms with Crippen LogP contribution < -0.4 is 10.1 Å². The maximum absolute atomic E-state index is 12.9. The lowest BCUT2D eigenvalue weighted by atomic mass is 10.1. The number of carbonyl (C=O) groups excluding carboxylic acids is 1. The highest BCUT2D eigenvalue weighted by Crippen LogP contribution is 2.33. The number of carbonyl (C=O) groups is 1. The van der Waals surface area contributed by atoms with Crippen molar-refractivity contribution in [1.82, 2.24) is 19.7 Å². The summed E-state index contributed by atoms with van der Waals surface area (Å²) in [6.07, 6.45) is 1.60. The average molecular weight is 528 g/mol. The first-order chi connectivity index (χ1) is 18.2. The third-order valence-corrected chi connectivity index (χ3v) is 7.49. The zero-order valence-electron chi connectivity index (χ0n) is 19.7. The Balaban J connectivity index is 1.26. The van der Waals surface area contributed by atoms with Gasteiger partial charge in [0.15, 0.2) is 16.0 Å². The van der Waals surface area contributed by atoms with Crippen molar-refractivity contribution in [2.24, 2.45) is 0 Å². The largest absolute Gasteiger partial charge is 0.494 e. The molecule has 3 heterocycles. The van der Waals surface area contributed by atoms with Crippen LogP contribution in [0.4, 0.5) is 5.13 Å². The highest BCUT2D eigenvalue weighted by atomic mass is 32.2. The van der Waals surface area contributed by atoms with E-state index in [9.17, 15) is 4.79 Å². The number of thioether (sulfide) groups is 1. The van der Waals surface area contributed by atoms with Crippen molar-refractivity contribution in [3.63, 3.8) is 0 Å². The summed E-state index contributed by atoms with van der Waals surface area (Å²) in [5.74, 6) is 1.91. The van der Waals surface area contributed by atoms with Gasteiger partial charge in [-0.3, -0.25) is 9.36 Å². The van der Waals surface area contributed by atoms with E-state index in [0.29, 0.717) is 28.5 Å². The lowest BCUT2D eigenvalue weighted by Crippen LogP contribution is -2.14. The van der Waals surface area contributed by atoms with Gasteiger partial charge in [-0.15, -0.1) is 10.2 Å². The Morgan fingerprint density at radius 3 is 2.84 bits per heavy atom. The second-order valence-electron chi connectivity index (χ2n) is 8.04. The lowest BCUT2D eigenvalue weighted by molar-refractivity contribution is -0.113. The summed E-state index contributed by atoms with van der Waals surface area (Å²) in [6, 6.07) is 23.6. The van der Waals surface area contributed by atoms with E-state index in [1.54, 1.807) is 6.26 Å². The summed E-state index contributed by atoms with van der Waals surface area (Å²) >= 11 is 2.72. The number of hydrogen-bond donors (Lipinski definition) is 1. The number of nitrogens with one attached hydrogen (secondary N) is 1. The van der Waals surface area contributed by atoms with Crippen molar-refractivity contribution >= 4 is 55.1 Å². The molecule has 0 aliphatic carbocycles. The van der Waals surface area contributed by atoms with Crippen LogP contribution in [0, 0.1) is 0 Å². The zero-order valence-corrected chi connectivity index (χ0v) is 21.4. The van der Waals surface area contributed by atoms with Crippen LogP contribution in [0.2, 0.25) is 0 Å². The first-order valence-corrected chi connectivity index (χ1v) is 13.4. The molecule has 1 amide bonds. The molecule has 0 aliphatic heterocycles. The highest BCUT2D eigenvalue weighted by molar-refractivity contribution is 7.99. The molecular formula is C27H21N5O3S2. The minimum absolute atomic E-state index is 0.140. The van der Waals surface area contributed by atoms with Crippen LogP contribution in [0.3, 0.4) is 0 Å². The highest BCUT2D eigenvalue weighted by Gasteiger charge is 2.20. The molecule has 0 saturated carbocycles. The molecule has 184 valence electrons. The van der Waals surface area contributed by atoms with Crippen LogP contribution in [-0.4, -0.2) is 38.0 Å². The molecule has 0 spiro atoms. The molecular weight excluding hydrogens is 506 g/mol. The van der Waals surface area contributed by atoms with E-state index in [2.05, 4.69) is 38.7 Å². The predicted octanol–water partition coefficient (Wildman–Crippen LogP) is 6.42. The number of aromatic nitrogens is 4. The summed E-state index contributed by atoms with van der Waals surface area (Å²) in [4.78, 5) is 17.4. The third kappa shape index (κ3) is 4.68. The van der Waals surface area contributed by atoms with E-state index in [-0.39, 0.29) is 11.7 Å². The van der Waals surface area contributed by atoms with Crippen molar-refractivity contribution in [2.75, 3.05) is 17.7 Å². The number of fused-ring (bicyclic) bond motifs is 2. The van der Waals surface area contributed by atoms with E-state index in [1.165, 1.54) is 23.1 Å². The monoisotopic (exact) mass is 527 g/mol. The molecule has 37 heavy (non-hydrogen) atoms. The van der Waals surface area contributed by atoms with Gasteiger partial charge in [0, 0.05) is 5.39 Å². The number of thiazole rings is 1. The van der Waals surface area contributed by atoms with Gasteiger partial charge in [0.25, 0.3) is 0 Å². The molecule has 8 nitrogen and oxygen atoms in total. The number of hydrogen-bond acceptors (Lipinski definition) is 8. The molecule has 10 heteroatoms. The second kappa shape index (κ2) is 10.1. The van der Waals surface area contributed by atoms with Gasteiger partial charge in [0.05, 0.1) is 34.5 Å². The number of rotatable bonds is 8. The topological polar surface area (TPSA) is 95.1 Å². The Bertz CT molecular complexity index is 1700. The summed E-state index contributed by atoms with van der Waals surface area (Å²) in [7, 11) is 0. The Morgan fingerprint density at radius 1 is 1.08 bits per heavy atom. The number of benzene rings is 3. The molecule has 6 aromatic rings. The minimum Gasteiger partial charge on any atom is -0.494 e. The van der Waals surface area contributed by atoms with Crippen LogP contribution >= 0.6 is 23.1 Å². The van der Waals surface area contributed by atoms with Crippen molar-refractivity contribution in [1.29, 1.82) is 0 Å². The molecule has 0 bridgehead atoms. The van der Waals surface area contributed by atoms with Gasteiger partial charge >= 0.3 is 0 Å². The van der Waals surface area contributed by atoms with Crippen LogP contribution in [0.25, 0.3) is 38.3 Å². The smallest absolute Gasteiger partial charge is 0.236 e. The maximum atomic E-state index is 12.9. The Morgan fingerprint density at radius 2 is 1.97 bits per heavy atom. The number of amides is 1. The molecule has 0 saturated heterocycles. The third-order valence-electron chi connectivity index (χ3n) is 5.63. The molecule has 3 aromatic heterocycles. The Labute approximate surface area is 220 Å². The fourth-order valence-electron chi connectivity index (χ4n) is 4.05. The van der Waals surface area contributed by atoms with Crippen molar-refractivity contribution in [3.05, 3.63) is 79.1 Å². The van der Waals surface area contributed by atoms with Crippen molar-refractivity contribution < 1.29 is 13.9 Å². The molecule has 6 rings (SSSR count). The molecule has 0 radical (unpaired) electrons. The zero-order chi connectivity index (χ0) is 25.2. The van der Waals surface area contributed by atoms with Crippen LogP contribution in [-0.2, 0) is 4.79 Å². The maximum Gasteiger partial charge on any atom is 0.236 e. The lowest BCUT2D eigenvalue weighted by Gasteiger charge is -2.12. The molecule has 0 unspecified atom stereocenters. The van der Waals surface area contributed by atoms with Gasteiger partial charge in [-0.2, -0.15) is 0 Å². The second-order valence-corrected chi connectivity index (χ2v) is 10.0. The van der Waals surface area contributed by atoms with E-state index >= 15 is 0 Å². The fourth-order valence-corrected chi connectivity index (χ4v) is 5.70. The quantitative estimate of drug-likeness (QED) is 0.228. The summed E-state index contributed by atoms with van der Waals surface area (Å²) < 4.78 is 14.1. The standard InChI is InChI=1S/C27H21N5O3S2/c1-2-34-18-12-13-20-23(15-18)37-26(28-20)29-24(33)16-36-27-31-30-25(22-11-6-14-35-22)32(27)21-10-5-8-17-7-3-4-9-19(17)21/h3-15H,2,16H2,1H3,(H,28,29,33). The van der Waals surface area contributed by atoms with Crippen LogP contribution in [0.5, 0.6) is 5.75 Å². The van der Waals surface area contributed by atoms with Gasteiger partial charge < -0.3 is 14.5 Å². The SMILES string of the molecule is CCOc1ccc2nc(NC(=O)CSc3nnc(-c4ccco4)n3-c3cccc4ccccc34)sc2c1. The number of furan rings is 1. The van der Waals surface area contributed by atoms with Crippen LogP contribution in [0.1, 0.15) is 6.92 Å². The molecule has 0 atom stereocenters. The van der Waals surface area contributed by atoms with Gasteiger partial charge in [-0.05, 0) is 48.7 Å². The van der Waals surface area contributed by atoms with E-state index < -0.39 is 0 Å². The first-order valence-electron chi connectivity index (χ1n) is 11.6. The molecule has 3 aromatic carbocycles. The summed E-state index contributed by atoms with van der Waals surface area (Å²) in [5.41, 5.74) is 1.73. The Hall–Kier alpha value is -4.15. The predicted molar refractivity (Wildman–Crippen MR) is 147 cm³/mol. The van der Waals surface area contributed by atoms with Gasteiger partial charge in [-0.25, -0.2) is 4.98 Å². The van der Waals surface area contributed by atoms with Crippen molar-refractivity contribution in [3.8, 4) is 23.0 Å². The van der Waals surface area contributed by atoms with Gasteiger partial charge in [-0.1, -0.05) is 59.5 Å². The Kier molecular flexibility index (Phi) is 6.33. The van der Waals surface area contributed by atoms with Crippen LogP contribution in [0.15, 0.2) is 88.6 Å². The summed E-state index contributed by atoms with van der Waals surface area (Å²) in [5, 5.41) is 15.0. The van der Waals surface area contributed by atoms with Gasteiger partial charge in [0.1, 0.15) is 5.75 Å². The molecule has 0 aliphatic rings. The van der Waals surface area contributed by atoms with Gasteiger partial charge in [0.2, 0.25) is 11.7 Å². The van der Waals surface area contributed by atoms with E-state index in [4.69, 9.17) is 9.15 Å². The minimum atomic E-state index is -0.180. The number of nitrogens with zero attached hydrogens (tertiary/aromatic N) is 4. The average Bonchev–Trinajstić information content (AvgIpc) is 3.66. The molecule has 0 fully saturated rings. The van der Waals surface area contributed by atoms with E-state index in [1.807, 2.05) is 66.1 Å². The first kappa shape index (κ1) is 23.3. The normalized spacial score (nSPS) is 11.3. The number of anilines is 1. The van der Waals surface area contributed by atoms with Crippen molar-refractivity contribution in [2.45, 2.75) is 12.1 Å². The van der Waals surface area contributed by atoms with E-state index in [0.717, 1.165) is 32.4 Å².